The number of hydrogen-bond acceptors (Lipinski definition) is 2. The number of hydrogen-bond donors (Lipinski definition) is 0. The molecular formula is C8H10BrNO. The third-order valence-corrected chi connectivity index (χ3v) is 2.40. The fourth-order valence-corrected chi connectivity index (χ4v) is 1.29. The molecule has 0 saturated heterocycles. The van der Waals surface area contributed by atoms with Crippen LogP contribution in [0.5, 0.6) is 5.75 Å². The van der Waals surface area contributed by atoms with Gasteiger partial charge in [0.1, 0.15) is 5.75 Å². The second kappa shape index (κ2) is 3.22. The molecule has 0 spiro atoms. The summed E-state index contributed by atoms with van der Waals surface area (Å²) in [5.74, 6) is 0.843. The highest BCUT2D eigenvalue weighted by Gasteiger charge is 2.04. The Bertz CT molecular complexity index is 273. The van der Waals surface area contributed by atoms with Crippen molar-refractivity contribution in [3.05, 3.63) is 21.9 Å². The minimum Gasteiger partial charge on any atom is -0.495 e. The summed E-state index contributed by atoms with van der Waals surface area (Å²) in [7, 11) is 1.65. The summed E-state index contributed by atoms with van der Waals surface area (Å²) >= 11 is 3.39. The molecule has 1 heterocycles. The van der Waals surface area contributed by atoms with E-state index in [0.29, 0.717) is 0 Å². The van der Waals surface area contributed by atoms with Crippen molar-refractivity contribution in [2.24, 2.45) is 0 Å². The molecule has 0 amide bonds. The van der Waals surface area contributed by atoms with Crippen molar-refractivity contribution in [3.63, 3.8) is 0 Å². The fourth-order valence-electron chi connectivity index (χ4n) is 0.926. The molecule has 0 fully saturated rings. The van der Waals surface area contributed by atoms with E-state index in [9.17, 15) is 0 Å². The molecule has 0 aliphatic carbocycles. The average Bonchev–Trinajstić information content (AvgIpc) is 1.96. The molecule has 1 rings (SSSR count). The molecule has 0 aliphatic heterocycles. The van der Waals surface area contributed by atoms with Crippen molar-refractivity contribution >= 4 is 15.9 Å². The van der Waals surface area contributed by atoms with Crippen LogP contribution in [-0.4, -0.2) is 12.1 Å². The van der Waals surface area contributed by atoms with Gasteiger partial charge in [0.05, 0.1) is 17.3 Å². The Hall–Kier alpha value is -0.570. The number of methoxy groups -OCH3 is 1. The van der Waals surface area contributed by atoms with E-state index >= 15 is 0 Å². The quantitative estimate of drug-likeness (QED) is 0.719. The second-order valence-corrected chi connectivity index (χ2v) is 3.16. The summed E-state index contributed by atoms with van der Waals surface area (Å²) in [6.07, 6.45) is 0. The molecule has 0 aromatic carbocycles. The highest BCUT2D eigenvalue weighted by molar-refractivity contribution is 9.10. The maximum atomic E-state index is 5.12. The van der Waals surface area contributed by atoms with E-state index in [2.05, 4.69) is 20.9 Å². The second-order valence-electron chi connectivity index (χ2n) is 2.37. The van der Waals surface area contributed by atoms with Crippen molar-refractivity contribution in [2.75, 3.05) is 7.11 Å². The first-order valence-corrected chi connectivity index (χ1v) is 4.12. The molecule has 0 bridgehead atoms. The van der Waals surface area contributed by atoms with Gasteiger partial charge in [-0.3, -0.25) is 4.98 Å². The summed E-state index contributed by atoms with van der Waals surface area (Å²) in [5, 5.41) is 0. The third-order valence-electron chi connectivity index (χ3n) is 1.44. The standard InChI is InChI=1S/C8H10BrNO/c1-5-4-7(11-3)8(9)6(2)10-5/h4H,1-3H3. The zero-order chi connectivity index (χ0) is 8.43. The zero-order valence-electron chi connectivity index (χ0n) is 6.81. The fraction of sp³-hybridized carbons (Fsp3) is 0.375. The molecule has 0 N–H and O–H groups in total. The molecule has 0 atom stereocenters. The smallest absolute Gasteiger partial charge is 0.136 e. The number of nitrogens with zero attached hydrogens (tertiary/aromatic N) is 1. The molecule has 1 aromatic rings. The first-order chi connectivity index (χ1) is 5.15. The lowest BCUT2D eigenvalue weighted by molar-refractivity contribution is 0.410. The lowest BCUT2D eigenvalue weighted by Gasteiger charge is -2.05. The van der Waals surface area contributed by atoms with Gasteiger partial charge in [-0.05, 0) is 29.8 Å². The Labute approximate surface area is 74.7 Å². The molecule has 60 valence electrons. The number of ether oxygens (including phenoxy) is 1. The Balaban J connectivity index is 3.24. The zero-order valence-corrected chi connectivity index (χ0v) is 8.40. The van der Waals surface area contributed by atoms with E-state index in [0.717, 1.165) is 21.6 Å². The van der Waals surface area contributed by atoms with Crippen molar-refractivity contribution in [2.45, 2.75) is 13.8 Å². The summed E-state index contributed by atoms with van der Waals surface area (Å²) < 4.78 is 6.06. The van der Waals surface area contributed by atoms with E-state index < -0.39 is 0 Å². The summed E-state index contributed by atoms with van der Waals surface area (Å²) in [5.41, 5.74) is 1.93. The highest BCUT2D eigenvalue weighted by Crippen LogP contribution is 2.27. The molecule has 0 unspecified atom stereocenters. The van der Waals surface area contributed by atoms with E-state index in [1.165, 1.54) is 0 Å². The third kappa shape index (κ3) is 1.71. The summed E-state index contributed by atoms with van der Waals surface area (Å²) in [6, 6.07) is 1.90. The van der Waals surface area contributed by atoms with Gasteiger partial charge in [0.25, 0.3) is 0 Å². The Morgan fingerprint density at radius 2 is 2.09 bits per heavy atom. The van der Waals surface area contributed by atoms with E-state index in [1.807, 2.05) is 19.9 Å². The summed E-state index contributed by atoms with van der Waals surface area (Å²) in [4.78, 5) is 4.25. The predicted octanol–water partition coefficient (Wildman–Crippen LogP) is 2.47. The van der Waals surface area contributed by atoms with Gasteiger partial charge < -0.3 is 4.74 Å². The Morgan fingerprint density at radius 1 is 1.45 bits per heavy atom. The molecular weight excluding hydrogens is 206 g/mol. The molecule has 0 radical (unpaired) electrons. The van der Waals surface area contributed by atoms with Gasteiger partial charge in [0.2, 0.25) is 0 Å². The predicted molar refractivity (Wildman–Crippen MR) is 48.0 cm³/mol. The van der Waals surface area contributed by atoms with Gasteiger partial charge in [-0.1, -0.05) is 0 Å². The van der Waals surface area contributed by atoms with Gasteiger partial charge in [-0.25, -0.2) is 0 Å². The Kier molecular flexibility index (Phi) is 2.49. The van der Waals surface area contributed by atoms with E-state index in [4.69, 9.17) is 4.74 Å². The van der Waals surface area contributed by atoms with Crippen LogP contribution in [0.15, 0.2) is 10.5 Å². The van der Waals surface area contributed by atoms with Crippen LogP contribution in [0.2, 0.25) is 0 Å². The SMILES string of the molecule is COc1cc(C)nc(C)c1Br. The van der Waals surface area contributed by atoms with Gasteiger partial charge in [0.15, 0.2) is 0 Å². The van der Waals surface area contributed by atoms with Crippen molar-refractivity contribution in [3.8, 4) is 5.75 Å². The lowest BCUT2D eigenvalue weighted by atomic mass is 10.3. The van der Waals surface area contributed by atoms with Crippen LogP contribution < -0.4 is 4.74 Å². The van der Waals surface area contributed by atoms with Gasteiger partial charge in [-0.15, -0.1) is 0 Å². The maximum absolute atomic E-state index is 5.12. The molecule has 0 saturated carbocycles. The number of pyridine rings is 1. The van der Waals surface area contributed by atoms with Crippen LogP contribution in [0.1, 0.15) is 11.4 Å². The van der Waals surface area contributed by atoms with Crippen LogP contribution in [0.3, 0.4) is 0 Å². The minimum absolute atomic E-state index is 0.843. The molecule has 2 nitrogen and oxygen atoms in total. The molecule has 1 aromatic heterocycles. The van der Waals surface area contributed by atoms with Gasteiger partial charge >= 0.3 is 0 Å². The van der Waals surface area contributed by atoms with Crippen molar-refractivity contribution < 1.29 is 4.74 Å². The van der Waals surface area contributed by atoms with Crippen LogP contribution in [0.25, 0.3) is 0 Å². The van der Waals surface area contributed by atoms with Crippen molar-refractivity contribution in [1.29, 1.82) is 0 Å². The monoisotopic (exact) mass is 215 g/mol. The Morgan fingerprint density at radius 3 is 2.64 bits per heavy atom. The largest absolute Gasteiger partial charge is 0.495 e. The van der Waals surface area contributed by atoms with Crippen LogP contribution in [0, 0.1) is 13.8 Å². The van der Waals surface area contributed by atoms with E-state index in [-0.39, 0.29) is 0 Å². The normalized spacial score (nSPS) is 9.82. The molecule has 0 aliphatic rings. The first kappa shape index (κ1) is 8.53. The van der Waals surface area contributed by atoms with Gasteiger partial charge in [-0.2, -0.15) is 0 Å². The van der Waals surface area contributed by atoms with Crippen LogP contribution in [-0.2, 0) is 0 Å². The number of rotatable bonds is 1. The molecule has 3 heteroatoms. The molecule has 11 heavy (non-hydrogen) atoms. The number of aromatic nitrogens is 1. The van der Waals surface area contributed by atoms with Gasteiger partial charge in [0, 0.05) is 11.8 Å². The van der Waals surface area contributed by atoms with Crippen molar-refractivity contribution in [1.82, 2.24) is 4.98 Å². The highest BCUT2D eigenvalue weighted by atomic mass is 79.9. The van der Waals surface area contributed by atoms with E-state index in [1.54, 1.807) is 7.11 Å². The first-order valence-electron chi connectivity index (χ1n) is 3.33. The number of halogens is 1. The lowest BCUT2D eigenvalue weighted by Crippen LogP contribution is -1.92. The topological polar surface area (TPSA) is 22.1 Å². The number of aryl methyl sites for hydroxylation is 2. The minimum atomic E-state index is 0.843. The maximum Gasteiger partial charge on any atom is 0.136 e. The van der Waals surface area contributed by atoms with Crippen LogP contribution >= 0.6 is 15.9 Å². The average molecular weight is 216 g/mol. The summed E-state index contributed by atoms with van der Waals surface area (Å²) in [6.45, 7) is 3.89. The van der Waals surface area contributed by atoms with Crippen LogP contribution in [0.4, 0.5) is 0 Å².